The zero-order valence-electron chi connectivity index (χ0n) is 39.9. The number of thiophene rings is 2. The highest BCUT2D eigenvalue weighted by Gasteiger charge is 2.38. The summed E-state index contributed by atoms with van der Waals surface area (Å²) in [5, 5.41) is 11.5. The Morgan fingerprint density at radius 3 is 1.81 bits per heavy atom. The number of allylic oxidation sites excluding steroid dienone is 2. The highest BCUT2D eigenvalue weighted by Crippen LogP contribution is 2.51. The number of fused-ring (bicyclic) bond motifs is 2. The van der Waals surface area contributed by atoms with Gasteiger partial charge in [0.2, 0.25) is 0 Å². The molecule has 1 N–H and O–H groups in total. The molecule has 0 unspecified atom stereocenters. The van der Waals surface area contributed by atoms with E-state index in [1.54, 1.807) is 46.6 Å². The van der Waals surface area contributed by atoms with Crippen LogP contribution in [0.4, 0.5) is 11.4 Å². The molecule has 69 heavy (non-hydrogen) atoms. The van der Waals surface area contributed by atoms with Crippen molar-refractivity contribution in [2.75, 3.05) is 10.2 Å². The van der Waals surface area contributed by atoms with Crippen LogP contribution in [0.25, 0.3) is 58.4 Å². The number of rotatable bonds is 13. The zero-order valence-corrected chi connectivity index (χ0v) is 42.4. The molecule has 1 aliphatic rings. The van der Waals surface area contributed by atoms with Gasteiger partial charge < -0.3 is 5.32 Å². The van der Waals surface area contributed by atoms with Gasteiger partial charge in [-0.3, -0.25) is 19.2 Å². The van der Waals surface area contributed by atoms with Crippen molar-refractivity contribution in [1.82, 2.24) is 0 Å². The summed E-state index contributed by atoms with van der Waals surface area (Å²) in [6.07, 6.45) is 4.66. The number of carbonyl (C=O) groups excluding carboxylic acids is 4. The Labute approximate surface area is 415 Å². The molecule has 2 aromatic heterocycles. The second kappa shape index (κ2) is 18.0. The number of nitrogens with zero attached hydrogens (tertiary/aromatic N) is 1. The maximum absolute atomic E-state index is 15.3. The molecule has 7 aromatic carbocycles. The normalized spacial score (nSPS) is 13.2. The van der Waals surface area contributed by atoms with Crippen molar-refractivity contribution >= 4 is 118 Å². The van der Waals surface area contributed by atoms with Gasteiger partial charge in [-0.15, -0.1) is 22.7 Å². The first kappa shape index (κ1) is 46.1. The number of benzene rings is 7. The summed E-state index contributed by atoms with van der Waals surface area (Å²) < 4.78 is 1.15. The molecule has 6 nitrogen and oxygen atoms in total. The molecule has 9 aromatic rings. The van der Waals surface area contributed by atoms with Crippen LogP contribution in [0.15, 0.2) is 131 Å². The Morgan fingerprint density at radius 2 is 1.23 bits per heavy atom. The lowest BCUT2D eigenvalue weighted by Crippen LogP contribution is -2.41. The van der Waals surface area contributed by atoms with Gasteiger partial charge in [-0.05, 0) is 126 Å². The Morgan fingerprint density at radius 1 is 0.638 bits per heavy atom. The van der Waals surface area contributed by atoms with Gasteiger partial charge >= 0.3 is 0 Å². The minimum atomic E-state index is -0.360. The smallest absolute Gasteiger partial charge is 0.266 e. The van der Waals surface area contributed by atoms with Gasteiger partial charge in [0.1, 0.15) is 0 Å². The second-order valence-corrected chi connectivity index (χ2v) is 22.4. The summed E-state index contributed by atoms with van der Waals surface area (Å²) in [5.74, 6) is -0.638. The van der Waals surface area contributed by atoms with Crippen molar-refractivity contribution in [2.24, 2.45) is 0 Å². The van der Waals surface area contributed by atoms with E-state index in [2.05, 4.69) is 103 Å². The van der Waals surface area contributed by atoms with Crippen LogP contribution in [-0.4, -0.2) is 24.0 Å². The third-order valence-electron chi connectivity index (χ3n) is 13.5. The van der Waals surface area contributed by atoms with Gasteiger partial charge in [0.15, 0.2) is 6.29 Å². The van der Waals surface area contributed by atoms with E-state index in [0.717, 1.165) is 91.0 Å². The lowest BCUT2D eigenvalue weighted by molar-refractivity contribution is 0.0891. The SMILES string of the molecule is C=C/C=C(\Sc1cccs1)c1ccc(-c2cc(C(=O)Nc3c(C(C)C)cccc3C(C)C)c3c(C=O)ccc4c5ccc6c7c(ccc(c2c34)c75)C(=O)N(c2c(C(C)C)cccc2C(C)C)C6=O)s1. The molecule has 10 rings (SSSR count). The van der Waals surface area contributed by atoms with Crippen LogP contribution < -0.4 is 10.2 Å². The lowest BCUT2D eigenvalue weighted by atomic mass is 9.81. The summed E-state index contributed by atoms with van der Waals surface area (Å²) >= 11 is 4.98. The standard InChI is InChI=1S/C60H52N2O4S3/c1-10-14-48(69-50-19-13-28-67-50)49-27-26-47(68-49)45-29-46(58(64)61-56-36(31(2)3)15-11-16-37(56)32(4)5)51-35(30-63)20-21-41-40-22-24-43-54-44(25-23-42(52(40)54)53(45)55(41)51)60(66)62(59(43)65)57-38(33(6)7)17-12-18-39(57)34(8)9/h10-34H,1H2,2-9H3,(H,61,64)/b48-14-. The minimum absolute atomic E-state index is 0.0623. The topological polar surface area (TPSA) is 83.6 Å². The first-order valence-electron chi connectivity index (χ1n) is 23.5. The van der Waals surface area contributed by atoms with Crippen molar-refractivity contribution in [3.05, 3.63) is 177 Å². The number of hydrogen-bond acceptors (Lipinski definition) is 7. The van der Waals surface area contributed by atoms with Gasteiger partial charge in [0, 0.05) is 58.9 Å². The summed E-state index contributed by atoms with van der Waals surface area (Å²) in [4.78, 5) is 63.3. The fourth-order valence-electron chi connectivity index (χ4n) is 10.4. The van der Waals surface area contributed by atoms with E-state index in [1.165, 1.54) is 4.90 Å². The highest BCUT2D eigenvalue weighted by molar-refractivity contribution is 8.10. The number of hydrogen-bond donors (Lipinski definition) is 1. The van der Waals surface area contributed by atoms with E-state index in [1.807, 2.05) is 72.8 Å². The Bertz CT molecular complexity index is 3550. The van der Waals surface area contributed by atoms with Gasteiger partial charge in [0.05, 0.1) is 9.90 Å². The fraction of sp³-hybridized carbons (Fsp3) is 0.200. The van der Waals surface area contributed by atoms with Gasteiger partial charge in [-0.25, -0.2) is 4.90 Å². The quantitative estimate of drug-likeness (QED) is 0.0311. The molecule has 3 amide bonds. The number of anilines is 2. The van der Waals surface area contributed by atoms with Crippen molar-refractivity contribution in [2.45, 2.75) is 83.3 Å². The molecule has 0 atom stereocenters. The van der Waals surface area contributed by atoms with Crippen molar-refractivity contribution in [3.8, 4) is 10.4 Å². The highest BCUT2D eigenvalue weighted by atomic mass is 32.2. The van der Waals surface area contributed by atoms with Crippen LogP contribution >= 0.6 is 34.4 Å². The molecular formula is C60H52N2O4S3. The Kier molecular flexibility index (Phi) is 12.0. The average molecular weight is 961 g/mol. The van der Waals surface area contributed by atoms with Gasteiger partial charge in [0.25, 0.3) is 17.7 Å². The molecule has 1 aliphatic heterocycles. The van der Waals surface area contributed by atoms with E-state index in [-0.39, 0.29) is 41.4 Å². The van der Waals surface area contributed by atoms with Crippen molar-refractivity contribution in [3.63, 3.8) is 0 Å². The van der Waals surface area contributed by atoms with E-state index >= 15 is 14.4 Å². The minimum Gasteiger partial charge on any atom is -0.321 e. The fourth-order valence-corrected chi connectivity index (χ4v) is 13.3. The molecule has 3 heterocycles. The van der Waals surface area contributed by atoms with E-state index in [9.17, 15) is 4.79 Å². The molecule has 0 saturated heterocycles. The predicted octanol–water partition coefficient (Wildman–Crippen LogP) is 17.2. The zero-order chi connectivity index (χ0) is 48.6. The Balaban J connectivity index is 1.28. The summed E-state index contributed by atoms with van der Waals surface area (Å²) in [6.45, 7) is 20.9. The number of aldehydes is 1. The van der Waals surface area contributed by atoms with Gasteiger partial charge in [-0.2, -0.15) is 0 Å². The molecule has 0 bridgehead atoms. The number of carbonyl (C=O) groups is 4. The van der Waals surface area contributed by atoms with Crippen molar-refractivity contribution < 1.29 is 19.2 Å². The summed E-state index contributed by atoms with van der Waals surface area (Å²) in [5.41, 5.74) is 7.88. The molecule has 0 aliphatic carbocycles. The van der Waals surface area contributed by atoms with Crippen LogP contribution in [0.5, 0.6) is 0 Å². The first-order chi connectivity index (χ1) is 33.2. The molecule has 0 saturated carbocycles. The van der Waals surface area contributed by atoms with Crippen LogP contribution in [0.2, 0.25) is 0 Å². The predicted molar refractivity (Wildman–Crippen MR) is 293 cm³/mol. The number of thioether (sulfide) groups is 1. The lowest BCUT2D eigenvalue weighted by Gasteiger charge is -2.33. The van der Waals surface area contributed by atoms with Crippen molar-refractivity contribution in [1.29, 1.82) is 0 Å². The number of imide groups is 1. The number of amides is 3. The Hall–Kier alpha value is -6.65. The third kappa shape index (κ3) is 7.54. The second-order valence-electron chi connectivity index (χ2n) is 19.1. The molecule has 0 fully saturated rings. The maximum Gasteiger partial charge on any atom is 0.266 e. The van der Waals surface area contributed by atoms with Crippen LogP contribution in [0, 0.1) is 0 Å². The monoisotopic (exact) mass is 960 g/mol. The molecule has 344 valence electrons. The van der Waals surface area contributed by atoms with Crippen LogP contribution in [0.1, 0.15) is 148 Å². The summed E-state index contributed by atoms with van der Waals surface area (Å²) in [6, 6.07) is 34.0. The number of nitrogens with one attached hydrogen (secondary N) is 1. The largest absolute Gasteiger partial charge is 0.321 e. The molecule has 0 radical (unpaired) electrons. The third-order valence-corrected chi connectivity index (χ3v) is 16.9. The molecular weight excluding hydrogens is 909 g/mol. The average Bonchev–Trinajstić information content (AvgIpc) is 4.05. The van der Waals surface area contributed by atoms with Crippen LogP contribution in [-0.2, 0) is 0 Å². The van der Waals surface area contributed by atoms with E-state index in [4.69, 9.17) is 0 Å². The number of para-hydroxylation sites is 2. The maximum atomic E-state index is 15.3. The summed E-state index contributed by atoms with van der Waals surface area (Å²) in [7, 11) is 0. The van der Waals surface area contributed by atoms with E-state index in [0.29, 0.717) is 38.7 Å². The molecule has 9 heteroatoms. The van der Waals surface area contributed by atoms with Crippen LogP contribution in [0.3, 0.4) is 0 Å². The van der Waals surface area contributed by atoms with E-state index < -0.39 is 0 Å². The first-order valence-corrected chi connectivity index (χ1v) is 26.0. The van der Waals surface area contributed by atoms with Gasteiger partial charge in [-0.1, -0.05) is 147 Å². The molecule has 0 spiro atoms.